The van der Waals surface area contributed by atoms with Crippen molar-refractivity contribution in [1.82, 2.24) is 14.8 Å². The minimum atomic E-state index is -1.26. The Morgan fingerprint density at radius 2 is 1.77 bits per heavy atom. The number of likely N-dealkylation sites (N-methyl/N-ethyl adjacent to an activating group) is 1. The number of aromatic nitrogens is 1. The lowest BCUT2D eigenvalue weighted by atomic mass is 10.1. The smallest absolute Gasteiger partial charge is 0.328 e. The largest absolute Gasteiger partial charge is 0.478 e. The summed E-state index contributed by atoms with van der Waals surface area (Å²) in [6, 6.07) is 9.99. The van der Waals surface area contributed by atoms with E-state index in [1.54, 1.807) is 11.8 Å². The number of carboxylic acid groups (broad SMARTS) is 2. The molecule has 0 aliphatic carbocycles. The molecule has 31 heavy (non-hydrogen) atoms. The Morgan fingerprint density at radius 3 is 2.42 bits per heavy atom. The van der Waals surface area contributed by atoms with E-state index in [1.807, 2.05) is 30.5 Å². The third-order valence-corrected chi connectivity index (χ3v) is 5.86. The number of hydrogen-bond acceptors (Lipinski definition) is 7. The number of amidine groups is 1. The Kier molecular flexibility index (Phi) is 7.67. The molecule has 1 aromatic carbocycles. The van der Waals surface area contributed by atoms with Crippen molar-refractivity contribution in [3.63, 3.8) is 0 Å². The number of aliphatic imine (C=N–C) groups is 1. The van der Waals surface area contributed by atoms with Gasteiger partial charge in [0.25, 0.3) is 0 Å². The van der Waals surface area contributed by atoms with Gasteiger partial charge in [0.2, 0.25) is 0 Å². The van der Waals surface area contributed by atoms with Gasteiger partial charge in [-0.15, -0.1) is 0 Å². The lowest BCUT2D eigenvalue weighted by Crippen LogP contribution is -2.47. The van der Waals surface area contributed by atoms with Crippen molar-refractivity contribution in [3.8, 4) is 0 Å². The second kappa shape index (κ2) is 10.4. The summed E-state index contributed by atoms with van der Waals surface area (Å²) in [5.41, 5.74) is 2.03. The molecule has 4 rings (SSSR count). The summed E-state index contributed by atoms with van der Waals surface area (Å²) in [4.78, 5) is 34.4. The molecule has 8 nitrogen and oxygen atoms in total. The Morgan fingerprint density at radius 1 is 1.10 bits per heavy atom. The minimum Gasteiger partial charge on any atom is -0.478 e. The van der Waals surface area contributed by atoms with Gasteiger partial charge in [-0.1, -0.05) is 23.4 Å². The normalized spacial score (nSPS) is 15.8. The molecule has 0 amide bonds. The molecule has 0 spiro atoms. The fraction of sp³-hybridized carbons (Fsp3) is 0.238. The highest BCUT2D eigenvalue weighted by molar-refractivity contribution is 7.99. The second-order valence-electron chi connectivity index (χ2n) is 6.81. The third kappa shape index (κ3) is 6.30. The van der Waals surface area contributed by atoms with Crippen LogP contribution in [0.25, 0.3) is 0 Å². The van der Waals surface area contributed by atoms with Crippen LogP contribution in [-0.2, 0) is 9.59 Å². The van der Waals surface area contributed by atoms with Gasteiger partial charge in [-0.25, -0.2) is 19.6 Å². The highest BCUT2D eigenvalue weighted by Crippen LogP contribution is 2.40. The van der Waals surface area contributed by atoms with Gasteiger partial charge in [0.15, 0.2) is 0 Å². The molecule has 162 valence electrons. The average molecular weight is 461 g/mol. The van der Waals surface area contributed by atoms with Crippen LogP contribution in [0.4, 0.5) is 5.69 Å². The number of hydrogen-bond donors (Lipinski definition) is 2. The van der Waals surface area contributed by atoms with Crippen molar-refractivity contribution in [2.24, 2.45) is 4.99 Å². The van der Waals surface area contributed by atoms with E-state index in [0.717, 1.165) is 58.2 Å². The van der Waals surface area contributed by atoms with Crippen molar-refractivity contribution >= 4 is 46.8 Å². The van der Waals surface area contributed by atoms with E-state index in [2.05, 4.69) is 27.9 Å². The van der Waals surface area contributed by atoms with Crippen LogP contribution < -0.4 is 0 Å². The standard InChI is InChI=1S/C17H17ClN4S.C4H4O4/c1-21-7-9-22(10-8-21)16-13-11-12(18)4-5-15(13)23-17-14(20-16)3-2-6-19-17;5-3(6)1-2-4(7)8/h2-6,11H,7-10H2,1H3;1-2H,(H,5,6)(H,7,8). The van der Waals surface area contributed by atoms with E-state index < -0.39 is 11.9 Å². The minimum absolute atomic E-state index is 0.558. The number of aliphatic carboxylic acids is 2. The van der Waals surface area contributed by atoms with Gasteiger partial charge in [-0.3, -0.25) is 0 Å². The molecule has 2 N–H and O–H groups in total. The van der Waals surface area contributed by atoms with Gasteiger partial charge >= 0.3 is 11.9 Å². The van der Waals surface area contributed by atoms with E-state index in [1.165, 1.54) is 0 Å². The summed E-state index contributed by atoms with van der Waals surface area (Å²) < 4.78 is 0. The molecular weight excluding hydrogens is 440 g/mol. The molecule has 3 heterocycles. The first-order chi connectivity index (χ1) is 14.8. The predicted molar refractivity (Wildman–Crippen MR) is 119 cm³/mol. The number of carbonyl (C=O) groups is 2. The van der Waals surface area contributed by atoms with E-state index in [-0.39, 0.29) is 0 Å². The summed E-state index contributed by atoms with van der Waals surface area (Å²) in [6.07, 6.45) is 2.93. The first-order valence-electron chi connectivity index (χ1n) is 9.42. The molecule has 2 aromatic rings. The summed E-state index contributed by atoms with van der Waals surface area (Å²) in [7, 11) is 2.16. The van der Waals surface area contributed by atoms with Crippen LogP contribution in [0.3, 0.4) is 0 Å². The number of halogens is 1. The zero-order chi connectivity index (χ0) is 22.4. The highest BCUT2D eigenvalue weighted by Gasteiger charge is 2.25. The maximum atomic E-state index is 9.55. The molecule has 1 saturated heterocycles. The van der Waals surface area contributed by atoms with Gasteiger partial charge in [0.05, 0.1) is 5.69 Å². The van der Waals surface area contributed by atoms with Crippen LogP contribution in [-0.4, -0.2) is 76.0 Å². The number of benzene rings is 1. The van der Waals surface area contributed by atoms with Gasteiger partial charge in [-0.05, 0) is 37.4 Å². The van der Waals surface area contributed by atoms with E-state index in [9.17, 15) is 9.59 Å². The van der Waals surface area contributed by atoms with E-state index >= 15 is 0 Å². The topological polar surface area (TPSA) is 106 Å². The van der Waals surface area contributed by atoms with Gasteiger partial charge in [-0.2, -0.15) is 0 Å². The van der Waals surface area contributed by atoms with Crippen LogP contribution in [0, 0.1) is 0 Å². The quantitative estimate of drug-likeness (QED) is 0.658. The maximum Gasteiger partial charge on any atom is 0.328 e. The highest BCUT2D eigenvalue weighted by atomic mass is 35.5. The molecule has 0 atom stereocenters. The number of pyridine rings is 1. The van der Waals surface area contributed by atoms with Gasteiger partial charge < -0.3 is 20.0 Å². The molecular formula is C21H21ClN4O4S. The maximum absolute atomic E-state index is 9.55. The fourth-order valence-corrected chi connectivity index (χ4v) is 4.10. The van der Waals surface area contributed by atoms with Crippen molar-refractivity contribution in [3.05, 3.63) is 59.3 Å². The fourth-order valence-electron chi connectivity index (χ4n) is 2.99. The number of piperazine rings is 1. The summed E-state index contributed by atoms with van der Waals surface area (Å²) in [5.74, 6) is -1.50. The van der Waals surface area contributed by atoms with Gasteiger partial charge in [0, 0.05) is 60.0 Å². The van der Waals surface area contributed by atoms with Crippen molar-refractivity contribution in [2.75, 3.05) is 33.2 Å². The third-order valence-electron chi connectivity index (χ3n) is 4.54. The molecule has 1 aromatic heterocycles. The predicted octanol–water partition coefficient (Wildman–Crippen LogP) is 3.24. The summed E-state index contributed by atoms with van der Waals surface area (Å²) >= 11 is 7.92. The van der Waals surface area contributed by atoms with Crippen molar-refractivity contribution < 1.29 is 19.8 Å². The van der Waals surface area contributed by atoms with Crippen LogP contribution in [0.2, 0.25) is 5.02 Å². The van der Waals surface area contributed by atoms with Crippen LogP contribution in [0.15, 0.2) is 63.6 Å². The molecule has 0 saturated carbocycles. The molecule has 2 aliphatic heterocycles. The second-order valence-corrected chi connectivity index (χ2v) is 8.27. The van der Waals surface area contributed by atoms with E-state index in [4.69, 9.17) is 26.8 Å². The number of rotatable bonds is 2. The monoisotopic (exact) mass is 460 g/mol. The Hall–Kier alpha value is -2.88. The number of carboxylic acids is 2. The van der Waals surface area contributed by atoms with Crippen LogP contribution in [0.1, 0.15) is 5.56 Å². The van der Waals surface area contributed by atoms with E-state index in [0.29, 0.717) is 12.2 Å². The summed E-state index contributed by atoms with van der Waals surface area (Å²) in [6.45, 7) is 4.03. The zero-order valence-corrected chi connectivity index (χ0v) is 18.3. The SMILES string of the molecule is CN1CCN(C2=Nc3cccnc3Sc3ccc(Cl)cc32)CC1.O=C(O)C=CC(=O)O. The number of fused-ring (bicyclic) bond motifs is 2. The molecule has 2 aliphatic rings. The first kappa shape index (κ1) is 22.8. The molecule has 1 fully saturated rings. The molecule has 0 radical (unpaired) electrons. The van der Waals surface area contributed by atoms with Crippen LogP contribution >= 0.6 is 23.4 Å². The molecule has 10 heteroatoms. The lowest BCUT2D eigenvalue weighted by molar-refractivity contribution is -0.134. The Bertz CT molecular complexity index is 1020. The molecule has 0 unspecified atom stereocenters. The number of nitrogens with zero attached hydrogens (tertiary/aromatic N) is 4. The molecule has 0 bridgehead atoms. The van der Waals surface area contributed by atoms with Gasteiger partial charge in [0.1, 0.15) is 10.9 Å². The van der Waals surface area contributed by atoms with Crippen molar-refractivity contribution in [2.45, 2.75) is 9.92 Å². The first-order valence-corrected chi connectivity index (χ1v) is 10.6. The average Bonchev–Trinajstić information content (AvgIpc) is 2.90. The Balaban J connectivity index is 0.000000293. The zero-order valence-electron chi connectivity index (χ0n) is 16.7. The van der Waals surface area contributed by atoms with Crippen LogP contribution in [0.5, 0.6) is 0 Å². The summed E-state index contributed by atoms with van der Waals surface area (Å²) in [5, 5.41) is 17.3. The lowest BCUT2D eigenvalue weighted by Gasteiger charge is -2.34. The van der Waals surface area contributed by atoms with Crippen molar-refractivity contribution in [1.29, 1.82) is 0 Å². The Labute approximate surface area is 188 Å².